The summed E-state index contributed by atoms with van der Waals surface area (Å²) in [5, 5.41) is 20.2. The summed E-state index contributed by atoms with van der Waals surface area (Å²) in [7, 11) is 0. The van der Waals surface area contributed by atoms with Crippen LogP contribution < -0.4 is 4.74 Å². The molecule has 0 atom stereocenters. The molecule has 0 saturated carbocycles. The lowest BCUT2D eigenvalue weighted by Gasteiger charge is -2.25. The number of ketones is 3. The van der Waals surface area contributed by atoms with Gasteiger partial charge in [-0.1, -0.05) is 23.7 Å². The number of fused-ring (bicyclic) bond motifs is 2. The van der Waals surface area contributed by atoms with Gasteiger partial charge in [-0.25, -0.2) is 4.79 Å². The molecule has 0 bridgehead atoms. The van der Waals surface area contributed by atoms with Gasteiger partial charge in [0.2, 0.25) is 5.78 Å². The van der Waals surface area contributed by atoms with Crippen molar-refractivity contribution >= 4 is 34.9 Å². The van der Waals surface area contributed by atoms with Gasteiger partial charge in [-0.3, -0.25) is 14.4 Å². The van der Waals surface area contributed by atoms with E-state index in [9.17, 15) is 29.4 Å². The summed E-state index contributed by atoms with van der Waals surface area (Å²) in [5.74, 6) is -1.44. The van der Waals surface area contributed by atoms with Gasteiger partial charge in [-0.2, -0.15) is 0 Å². The summed E-state index contributed by atoms with van der Waals surface area (Å²) in [6.45, 7) is 8.58. The fraction of sp³-hybridized carbons (Fsp3) is 0.200. The van der Waals surface area contributed by atoms with Crippen LogP contribution in [0.2, 0.25) is 5.02 Å². The first-order valence-corrected chi connectivity index (χ1v) is 14.1. The normalized spacial score (nSPS) is 12.1. The van der Waals surface area contributed by atoms with Gasteiger partial charge in [0.1, 0.15) is 17.2 Å². The molecule has 1 aliphatic rings. The Labute approximate surface area is 259 Å². The van der Waals surface area contributed by atoms with Crippen molar-refractivity contribution in [2.75, 3.05) is 0 Å². The van der Waals surface area contributed by atoms with Crippen LogP contribution in [0.25, 0.3) is 0 Å². The van der Waals surface area contributed by atoms with Crippen molar-refractivity contribution in [1.82, 2.24) is 0 Å². The molecule has 0 unspecified atom stereocenters. The van der Waals surface area contributed by atoms with Crippen molar-refractivity contribution in [2.45, 2.75) is 46.3 Å². The molecule has 9 heteroatoms. The third kappa shape index (κ3) is 6.82. The van der Waals surface area contributed by atoms with E-state index in [2.05, 4.69) is 0 Å². The Morgan fingerprint density at radius 2 is 1.34 bits per heavy atom. The van der Waals surface area contributed by atoms with Crippen molar-refractivity contribution in [3.8, 4) is 17.2 Å². The van der Waals surface area contributed by atoms with E-state index in [-0.39, 0.29) is 51.4 Å². The van der Waals surface area contributed by atoms with Crippen LogP contribution in [-0.2, 0) is 9.53 Å². The first-order chi connectivity index (χ1) is 20.7. The molecule has 0 radical (unpaired) electrons. The molecule has 2 N–H and O–H groups in total. The third-order valence-corrected chi connectivity index (χ3v) is 6.93. The molecule has 0 fully saturated rings. The van der Waals surface area contributed by atoms with E-state index in [0.29, 0.717) is 27.5 Å². The Balaban J connectivity index is 0.000000208. The zero-order chi connectivity index (χ0) is 32.3. The summed E-state index contributed by atoms with van der Waals surface area (Å²) in [4.78, 5) is 49.2. The van der Waals surface area contributed by atoms with E-state index in [0.717, 1.165) is 0 Å². The number of phenols is 2. The maximum atomic E-state index is 12.4. The number of halogens is 1. The van der Waals surface area contributed by atoms with Crippen LogP contribution in [0.4, 0.5) is 0 Å². The Morgan fingerprint density at radius 3 is 1.93 bits per heavy atom. The number of hydrogen-bond acceptors (Lipinski definition) is 8. The highest BCUT2D eigenvalue weighted by Gasteiger charge is 2.34. The molecule has 0 spiro atoms. The second-order valence-electron chi connectivity index (χ2n) is 11.0. The van der Waals surface area contributed by atoms with Crippen LogP contribution in [0.5, 0.6) is 17.2 Å². The number of ether oxygens (including phenoxy) is 2. The molecule has 0 aromatic heterocycles. The second-order valence-corrected chi connectivity index (χ2v) is 11.4. The average Bonchev–Trinajstić information content (AvgIpc) is 2.95. The minimum Gasteiger partial charge on any atom is -0.507 e. The number of aromatic hydroxyl groups is 2. The predicted molar refractivity (Wildman–Crippen MR) is 165 cm³/mol. The average molecular weight is 615 g/mol. The lowest BCUT2D eigenvalue weighted by Crippen LogP contribution is -2.40. The van der Waals surface area contributed by atoms with Gasteiger partial charge in [-0.15, -0.1) is 0 Å². The number of aryl methyl sites for hydroxylation is 1. The lowest BCUT2D eigenvalue weighted by atomic mass is 9.82. The number of phenolic OH excluding ortho intramolecular Hbond substituents is 2. The van der Waals surface area contributed by atoms with E-state index >= 15 is 0 Å². The summed E-state index contributed by atoms with van der Waals surface area (Å²) < 4.78 is 10.9. The molecular weight excluding hydrogens is 584 g/mol. The van der Waals surface area contributed by atoms with Crippen molar-refractivity contribution in [3.05, 3.63) is 123 Å². The van der Waals surface area contributed by atoms with Gasteiger partial charge in [0.05, 0.1) is 17.2 Å². The van der Waals surface area contributed by atoms with Crippen LogP contribution in [0, 0.1) is 6.92 Å². The van der Waals surface area contributed by atoms with E-state index in [1.54, 1.807) is 89.2 Å². The van der Waals surface area contributed by atoms with Gasteiger partial charge in [0.25, 0.3) is 0 Å². The van der Waals surface area contributed by atoms with Crippen molar-refractivity contribution in [3.63, 3.8) is 0 Å². The van der Waals surface area contributed by atoms with Gasteiger partial charge in [-0.05, 0) is 107 Å². The van der Waals surface area contributed by atoms with Gasteiger partial charge in [0, 0.05) is 27.3 Å². The number of carbonyl (C=O) groups excluding carboxylic acids is 4. The maximum absolute atomic E-state index is 12.4. The summed E-state index contributed by atoms with van der Waals surface area (Å²) in [5.41, 5.74) is 0.926. The zero-order valence-corrected chi connectivity index (χ0v) is 25.6. The number of rotatable bonds is 6. The van der Waals surface area contributed by atoms with E-state index in [4.69, 9.17) is 21.1 Å². The first-order valence-electron chi connectivity index (χ1n) is 13.7. The minimum absolute atomic E-state index is 0.0374. The molecule has 1 aliphatic carbocycles. The molecule has 44 heavy (non-hydrogen) atoms. The highest BCUT2D eigenvalue weighted by Crippen LogP contribution is 2.37. The van der Waals surface area contributed by atoms with E-state index in [1.807, 2.05) is 0 Å². The monoisotopic (exact) mass is 614 g/mol. The summed E-state index contributed by atoms with van der Waals surface area (Å²) in [6.07, 6.45) is -0.213. The molecule has 8 nitrogen and oxygen atoms in total. The van der Waals surface area contributed by atoms with Crippen LogP contribution in [-0.4, -0.2) is 45.2 Å². The van der Waals surface area contributed by atoms with Crippen LogP contribution in [0.1, 0.15) is 81.0 Å². The first kappa shape index (κ1) is 32.0. The molecule has 5 rings (SSSR count). The van der Waals surface area contributed by atoms with E-state index in [1.165, 1.54) is 24.3 Å². The Kier molecular flexibility index (Phi) is 9.25. The summed E-state index contributed by atoms with van der Waals surface area (Å²) >= 11 is 5.84. The van der Waals surface area contributed by atoms with Crippen molar-refractivity contribution in [2.24, 2.45) is 0 Å². The number of benzene rings is 4. The molecule has 0 aliphatic heterocycles. The molecule has 0 heterocycles. The molecule has 0 amide bonds. The molecule has 226 valence electrons. The third-order valence-electron chi connectivity index (χ3n) is 6.68. The predicted octanol–water partition coefficient (Wildman–Crippen LogP) is 6.86. The topological polar surface area (TPSA) is 127 Å². The Bertz CT molecular complexity index is 1750. The number of esters is 1. The van der Waals surface area contributed by atoms with Gasteiger partial charge < -0.3 is 19.7 Å². The Hall–Kier alpha value is -4.95. The zero-order valence-electron chi connectivity index (χ0n) is 24.8. The minimum atomic E-state index is -1.12. The fourth-order valence-corrected chi connectivity index (χ4v) is 4.68. The van der Waals surface area contributed by atoms with E-state index < -0.39 is 17.4 Å². The quantitative estimate of drug-likeness (QED) is 0.157. The lowest BCUT2D eigenvalue weighted by molar-refractivity contribution is -0.163. The number of hydrogen-bond donors (Lipinski definition) is 2. The van der Waals surface area contributed by atoms with Crippen molar-refractivity contribution < 1.29 is 38.9 Å². The molecule has 4 aromatic rings. The van der Waals surface area contributed by atoms with Gasteiger partial charge in [0.15, 0.2) is 17.2 Å². The highest BCUT2D eigenvalue weighted by atomic mass is 35.5. The highest BCUT2D eigenvalue weighted by molar-refractivity contribution is 6.31. The molecule has 0 saturated heterocycles. The molecular formula is C35H31ClO8. The van der Waals surface area contributed by atoms with Crippen LogP contribution >= 0.6 is 11.6 Å². The number of carbonyl (C=O) groups is 4. The van der Waals surface area contributed by atoms with Crippen LogP contribution in [0.15, 0.2) is 78.9 Å². The van der Waals surface area contributed by atoms with Crippen LogP contribution in [0.3, 0.4) is 0 Å². The van der Waals surface area contributed by atoms with Crippen molar-refractivity contribution in [1.29, 1.82) is 0 Å². The fourth-order valence-electron chi connectivity index (χ4n) is 4.56. The standard InChI is InChI=1S/C20H21ClO4.C15H10O4/c1-13(2)24-19(23)20(3,4)25-17-11-7-15(8-12-17)18(22)14-5-9-16(21)10-6-14;1-7-5-9-13(11(17)6-7)15(19)12-8(14(9)18)3-2-4-10(12)16/h5-13H,1-4H3;2-6,16-17H,1H3. The largest absolute Gasteiger partial charge is 0.507 e. The maximum Gasteiger partial charge on any atom is 0.350 e. The SMILES string of the molecule is CC(C)OC(=O)C(C)(C)Oc1ccc(C(=O)c2ccc(Cl)cc2)cc1.Cc1cc(O)c2c(c1)C(=O)c1cccc(O)c1C2=O. The smallest absolute Gasteiger partial charge is 0.350 e. The summed E-state index contributed by atoms with van der Waals surface area (Å²) in [6, 6.07) is 20.7. The van der Waals surface area contributed by atoms with Gasteiger partial charge >= 0.3 is 5.97 Å². The molecule has 4 aromatic carbocycles. The Morgan fingerprint density at radius 1 is 0.773 bits per heavy atom. The second kappa shape index (κ2) is 12.7.